The van der Waals surface area contributed by atoms with Crippen LogP contribution in [0.25, 0.3) is 0 Å². The van der Waals surface area contributed by atoms with Gasteiger partial charge in [0.1, 0.15) is 10.8 Å². The third-order valence-electron chi connectivity index (χ3n) is 1.72. The second kappa shape index (κ2) is 3.73. The first-order valence-electron chi connectivity index (χ1n) is 3.82. The van der Waals surface area contributed by atoms with Gasteiger partial charge in [0.05, 0.1) is 0 Å². The minimum Gasteiger partial charge on any atom is -0.458 e. The van der Waals surface area contributed by atoms with Crippen LogP contribution in [0.2, 0.25) is 5.02 Å². The SMILES string of the molecule is Cc1oc(C(F)(F)C(F)(F)F)cc(=O)c1Cl. The van der Waals surface area contributed by atoms with Crippen LogP contribution < -0.4 is 5.43 Å². The summed E-state index contributed by atoms with van der Waals surface area (Å²) in [6.07, 6.45) is -5.83. The molecule has 1 heterocycles. The van der Waals surface area contributed by atoms with Crippen molar-refractivity contribution in [1.82, 2.24) is 0 Å². The number of aryl methyl sites for hydroxylation is 1. The van der Waals surface area contributed by atoms with Gasteiger partial charge in [0.25, 0.3) is 0 Å². The first kappa shape index (κ1) is 13.0. The lowest BCUT2D eigenvalue weighted by atomic mass is 10.2. The minimum absolute atomic E-state index is 0.0306. The Labute approximate surface area is 90.6 Å². The molecule has 0 spiro atoms. The first-order chi connectivity index (χ1) is 7.07. The smallest absolute Gasteiger partial charge is 0.458 e. The second-order valence-electron chi connectivity index (χ2n) is 2.92. The number of hydrogen-bond acceptors (Lipinski definition) is 2. The van der Waals surface area contributed by atoms with E-state index in [1.807, 2.05) is 0 Å². The van der Waals surface area contributed by atoms with Crippen molar-refractivity contribution in [3.63, 3.8) is 0 Å². The second-order valence-corrected chi connectivity index (χ2v) is 3.30. The maximum Gasteiger partial charge on any atom is 0.461 e. The van der Waals surface area contributed by atoms with E-state index in [1.54, 1.807) is 0 Å². The molecule has 0 saturated carbocycles. The summed E-state index contributed by atoms with van der Waals surface area (Å²) < 4.78 is 65.5. The van der Waals surface area contributed by atoms with E-state index in [9.17, 15) is 26.7 Å². The molecular weight excluding hydrogens is 259 g/mol. The lowest BCUT2D eigenvalue weighted by Crippen LogP contribution is -2.34. The van der Waals surface area contributed by atoms with Crippen LogP contribution in [-0.4, -0.2) is 6.18 Å². The van der Waals surface area contributed by atoms with E-state index >= 15 is 0 Å². The zero-order chi connectivity index (χ0) is 12.7. The molecule has 0 bridgehead atoms. The number of alkyl halides is 5. The first-order valence-corrected chi connectivity index (χ1v) is 4.20. The molecule has 0 radical (unpaired) electrons. The van der Waals surface area contributed by atoms with Crippen molar-refractivity contribution in [2.45, 2.75) is 19.0 Å². The maximum absolute atomic E-state index is 12.8. The van der Waals surface area contributed by atoms with Crippen molar-refractivity contribution in [2.75, 3.05) is 0 Å². The predicted molar refractivity (Wildman–Crippen MR) is 44.7 cm³/mol. The Morgan fingerprint density at radius 3 is 2.12 bits per heavy atom. The number of hydrogen-bond donors (Lipinski definition) is 0. The van der Waals surface area contributed by atoms with Gasteiger partial charge in [0.2, 0.25) is 5.43 Å². The van der Waals surface area contributed by atoms with Crippen molar-refractivity contribution >= 4 is 11.6 Å². The van der Waals surface area contributed by atoms with Crippen molar-refractivity contribution in [3.05, 3.63) is 32.8 Å². The van der Waals surface area contributed by atoms with Crippen LogP contribution in [0.15, 0.2) is 15.3 Å². The molecule has 90 valence electrons. The van der Waals surface area contributed by atoms with Gasteiger partial charge < -0.3 is 4.42 Å². The van der Waals surface area contributed by atoms with Gasteiger partial charge in [-0.15, -0.1) is 0 Å². The molecule has 16 heavy (non-hydrogen) atoms. The molecule has 0 aliphatic heterocycles. The Bertz CT molecular complexity index is 462. The molecule has 1 rings (SSSR count). The Kier molecular flexibility index (Phi) is 3.02. The van der Waals surface area contributed by atoms with Crippen LogP contribution in [0, 0.1) is 6.92 Å². The minimum atomic E-state index is -5.83. The van der Waals surface area contributed by atoms with E-state index in [4.69, 9.17) is 11.6 Å². The summed E-state index contributed by atoms with van der Waals surface area (Å²) in [6.45, 7) is 1.01. The van der Waals surface area contributed by atoms with Crippen LogP contribution in [-0.2, 0) is 5.92 Å². The summed E-state index contributed by atoms with van der Waals surface area (Å²) in [5.74, 6) is -7.48. The molecule has 0 saturated heterocycles. The van der Waals surface area contributed by atoms with Gasteiger partial charge in [-0.3, -0.25) is 4.79 Å². The van der Waals surface area contributed by atoms with Crippen LogP contribution >= 0.6 is 11.6 Å². The Balaban J connectivity index is 3.42. The van der Waals surface area contributed by atoms with E-state index in [0.717, 1.165) is 6.92 Å². The molecular formula is C8H4ClF5O2. The monoisotopic (exact) mass is 262 g/mol. The lowest BCUT2D eigenvalue weighted by Gasteiger charge is -2.18. The van der Waals surface area contributed by atoms with Crippen molar-refractivity contribution in [2.24, 2.45) is 0 Å². The quantitative estimate of drug-likeness (QED) is 0.727. The summed E-state index contributed by atoms with van der Waals surface area (Å²) >= 11 is 5.28. The maximum atomic E-state index is 12.8. The van der Waals surface area contributed by atoms with Gasteiger partial charge in [-0.25, -0.2) is 0 Å². The molecule has 0 aliphatic carbocycles. The van der Waals surface area contributed by atoms with E-state index in [1.165, 1.54) is 0 Å². The fraction of sp³-hybridized carbons (Fsp3) is 0.375. The topological polar surface area (TPSA) is 30.2 Å². The summed E-state index contributed by atoms with van der Waals surface area (Å²) in [5.41, 5.74) is -1.15. The third-order valence-corrected chi connectivity index (χ3v) is 2.17. The summed E-state index contributed by atoms with van der Waals surface area (Å²) in [6, 6.07) is 0.0306. The van der Waals surface area contributed by atoms with Gasteiger partial charge in [0, 0.05) is 6.07 Å². The Morgan fingerprint density at radius 1 is 1.25 bits per heavy atom. The van der Waals surface area contributed by atoms with E-state index in [0.29, 0.717) is 0 Å². The average molecular weight is 263 g/mol. The Morgan fingerprint density at radius 2 is 1.75 bits per heavy atom. The van der Waals surface area contributed by atoms with E-state index in [-0.39, 0.29) is 6.07 Å². The highest BCUT2D eigenvalue weighted by atomic mass is 35.5. The van der Waals surface area contributed by atoms with Gasteiger partial charge in [-0.05, 0) is 6.92 Å². The Hall–Kier alpha value is -1.11. The van der Waals surface area contributed by atoms with Crippen LogP contribution in [0.4, 0.5) is 22.0 Å². The summed E-state index contributed by atoms with van der Waals surface area (Å²) in [4.78, 5) is 10.9. The highest BCUT2D eigenvalue weighted by molar-refractivity contribution is 6.30. The van der Waals surface area contributed by atoms with Crippen LogP contribution in [0.1, 0.15) is 11.5 Å². The van der Waals surface area contributed by atoms with Crippen molar-refractivity contribution in [3.8, 4) is 0 Å². The molecule has 1 aromatic heterocycles. The highest BCUT2D eigenvalue weighted by Gasteiger charge is 2.61. The molecule has 2 nitrogen and oxygen atoms in total. The molecule has 0 atom stereocenters. The molecule has 0 fully saturated rings. The third kappa shape index (κ3) is 2.04. The number of halogens is 6. The fourth-order valence-electron chi connectivity index (χ4n) is 0.890. The largest absolute Gasteiger partial charge is 0.461 e. The van der Waals surface area contributed by atoms with Crippen molar-refractivity contribution < 1.29 is 26.4 Å². The summed E-state index contributed by atoms with van der Waals surface area (Å²) in [7, 11) is 0. The molecule has 0 aliphatic rings. The van der Waals surface area contributed by atoms with E-state index < -0.39 is 34.1 Å². The lowest BCUT2D eigenvalue weighted by molar-refractivity contribution is -0.296. The predicted octanol–water partition coefficient (Wildman–Crippen LogP) is 3.26. The van der Waals surface area contributed by atoms with Gasteiger partial charge in [-0.2, -0.15) is 22.0 Å². The standard InChI is InChI=1S/C8H4ClF5O2/c1-3-6(9)4(15)2-5(16-3)7(10,11)8(12,13)14/h2H,1H3. The molecule has 0 amide bonds. The van der Waals surface area contributed by atoms with Crippen LogP contribution in [0.5, 0.6) is 0 Å². The van der Waals surface area contributed by atoms with Gasteiger partial charge in [-0.1, -0.05) is 11.6 Å². The van der Waals surface area contributed by atoms with Gasteiger partial charge in [0.15, 0.2) is 5.76 Å². The molecule has 0 aromatic carbocycles. The molecule has 0 unspecified atom stereocenters. The molecule has 1 aromatic rings. The average Bonchev–Trinajstić information content (AvgIpc) is 2.11. The molecule has 0 N–H and O–H groups in total. The van der Waals surface area contributed by atoms with Crippen molar-refractivity contribution in [1.29, 1.82) is 0 Å². The zero-order valence-electron chi connectivity index (χ0n) is 7.66. The zero-order valence-corrected chi connectivity index (χ0v) is 8.42. The summed E-state index contributed by atoms with van der Waals surface area (Å²) in [5, 5.41) is -0.526. The van der Waals surface area contributed by atoms with E-state index in [2.05, 4.69) is 4.42 Å². The molecule has 8 heteroatoms. The van der Waals surface area contributed by atoms with Crippen LogP contribution in [0.3, 0.4) is 0 Å². The normalized spacial score (nSPS) is 12.9. The fourth-order valence-corrected chi connectivity index (χ4v) is 0.983. The number of rotatable bonds is 1. The highest BCUT2D eigenvalue weighted by Crippen LogP contribution is 2.43. The van der Waals surface area contributed by atoms with Gasteiger partial charge >= 0.3 is 12.1 Å².